The summed E-state index contributed by atoms with van der Waals surface area (Å²) in [6.45, 7) is 14.5. The molecule has 0 aliphatic carbocycles. The number of methoxy groups -OCH3 is 1. The second kappa shape index (κ2) is 42.3. The number of rotatable bonds is 18. The molecule has 128 heavy (non-hydrogen) atoms. The Balaban J connectivity index is 0.000000113. The molecule has 2 N–H and O–H groups in total. The number of nitrogens with one attached hydrogen (secondary N) is 1. The van der Waals surface area contributed by atoms with Crippen molar-refractivity contribution in [2.24, 2.45) is 0 Å². The van der Waals surface area contributed by atoms with Crippen LogP contribution < -0.4 is 29.8 Å². The van der Waals surface area contributed by atoms with Gasteiger partial charge in [0.25, 0.3) is 0 Å². The molecule has 21 rings (SSSR count). The maximum atomic E-state index is 8.88. The molecule has 0 unspecified atom stereocenters. The summed E-state index contributed by atoms with van der Waals surface area (Å²) in [5.74, 6) is 4.58. The van der Waals surface area contributed by atoms with Crippen molar-refractivity contribution < 1.29 is 24.1 Å². The van der Waals surface area contributed by atoms with Gasteiger partial charge < -0.3 is 58.4 Å². The summed E-state index contributed by atoms with van der Waals surface area (Å²) < 4.78 is 33.9. The van der Waals surface area contributed by atoms with Crippen LogP contribution in [0.4, 0.5) is 29.7 Å². The van der Waals surface area contributed by atoms with E-state index >= 15 is 0 Å². The number of benzene rings is 6. The van der Waals surface area contributed by atoms with E-state index in [0.29, 0.717) is 24.7 Å². The molecular formula is C95H94Cl5N23O5. The summed E-state index contributed by atoms with van der Waals surface area (Å²) in [4.78, 5) is 60.3. The maximum absolute atomic E-state index is 8.88. The quantitative estimate of drug-likeness (QED) is 0.0757. The molecule has 33 heteroatoms. The van der Waals surface area contributed by atoms with Crippen LogP contribution in [-0.4, -0.2) is 220 Å². The highest BCUT2D eigenvalue weighted by atomic mass is 35.5. The van der Waals surface area contributed by atoms with E-state index in [4.69, 9.17) is 107 Å². The molecule has 6 aromatic carbocycles. The van der Waals surface area contributed by atoms with Crippen LogP contribution in [0.2, 0.25) is 25.1 Å². The van der Waals surface area contributed by atoms with Crippen LogP contribution in [-0.2, 0) is 25.5 Å². The molecule has 3 saturated heterocycles. The largest absolute Gasteiger partial charge is 0.395 e. The van der Waals surface area contributed by atoms with Gasteiger partial charge in [0.1, 0.15) is 0 Å². The summed E-state index contributed by atoms with van der Waals surface area (Å²) in [6, 6.07) is 49.0. The Labute approximate surface area is 764 Å². The number of fused-ring (bicyclic) bond motifs is 6. The Morgan fingerprint density at radius 2 is 0.711 bits per heavy atom. The minimum atomic E-state index is 0.136. The first-order chi connectivity index (χ1) is 62.6. The standard InChI is InChI=1S/C17H18N4O.2C16H15ClN4O.C16H17ClN4O.C16H16ClN3O.C14H13ClN4/c1-13-2-4-14(5-3-13)16-15-12-18-6-7-21(15)17(19-16)20-8-10-22-11-9-20;2*17-13-3-1-12(2-4-13)15-14-11-18-5-6-21(14)16(19-15)20-7-9-22-10-8-20;1-20(9-10-22-2)16-19-15(12-3-5-13(17)6-4-12)14-11-18-7-8-21(14)16;17-13-1-3-14(4-2-13)20-11-12(9-19-7-8-21)15-5-6-18-10-16(15)20;1-18(2)14-17-13(10-3-5-11(15)6-4-10)12-9-16-7-8-19(12)14/h2-7,12H,8-11H2,1H3;2*1-6,11H,7-10H2;3-8,11H,9-10H2,1-2H3;1-6,10-11,19,21H,7-9H2;3-9H,1-2H3. The number of anilines is 5. The van der Waals surface area contributed by atoms with E-state index in [1.54, 1.807) is 44.3 Å². The fraction of sp³-hybridized carbons (Fsp3) is 0.232. The third-order valence-electron chi connectivity index (χ3n) is 21.6. The molecular weight excluding hydrogens is 1720 g/mol. The predicted molar refractivity (Wildman–Crippen MR) is 510 cm³/mol. The average molecular weight is 1820 g/mol. The molecule has 0 radical (unpaired) electrons. The number of hydrogen-bond donors (Lipinski definition) is 2. The van der Waals surface area contributed by atoms with Crippen LogP contribution in [0.15, 0.2) is 263 Å². The molecule has 15 heterocycles. The van der Waals surface area contributed by atoms with Gasteiger partial charge in [-0.3, -0.25) is 51.9 Å². The van der Waals surface area contributed by atoms with Crippen molar-refractivity contribution in [2.75, 3.05) is 158 Å². The number of hydrogen-bond acceptors (Lipinski definition) is 22. The monoisotopic (exact) mass is 1810 g/mol. The van der Waals surface area contributed by atoms with Gasteiger partial charge in [0.05, 0.1) is 152 Å². The maximum Gasteiger partial charge on any atom is 0.211 e. The summed E-state index contributed by atoms with van der Waals surface area (Å²) in [6.07, 6.45) is 33.6. The van der Waals surface area contributed by atoms with E-state index in [1.165, 1.54) is 11.1 Å². The first-order valence-electron chi connectivity index (χ1n) is 41.7. The Morgan fingerprint density at radius 1 is 0.391 bits per heavy atom. The van der Waals surface area contributed by atoms with Crippen molar-refractivity contribution in [3.63, 3.8) is 0 Å². The Kier molecular flexibility index (Phi) is 29.3. The van der Waals surface area contributed by atoms with Gasteiger partial charge in [-0.1, -0.05) is 136 Å². The zero-order valence-corrected chi connectivity index (χ0v) is 74.9. The highest BCUT2D eigenvalue weighted by Gasteiger charge is 2.25. The van der Waals surface area contributed by atoms with Crippen LogP contribution in [0.5, 0.6) is 0 Å². The Bertz CT molecular complexity index is 6350. The van der Waals surface area contributed by atoms with E-state index in [1.807, 2.05) is 230 Å². The summed E-state index contributed by atoms with van der Waals surface area (Å²) in [7, 11) is 7.64. The fourth-order valence-electron chi connectivity index (χ4n) is 15.1. The lowest BCUT2D eigenvalue weighted by atomic mass is 10.1. The van der Waals surface area contributed by atoms with Gasteiger partial charge in [-0.2, -0.15) is 0 Å². The number of likely N-dealkylation sites (N-methyl/N-ethyl adjacent to an activating group) is 1. The predicted octanol–water partition coefficient (Wildman–Crippen LogP) is 17.3. The van der Waals surface area contributed by atoms with Crippen LogP contribution in [0, 0.1) is 6.92 Å². The number of aryl methyl sites for hydroxylation is 1. The highest BCUT2D eigenvalue weighted by molar-refractivity contribution is 6.32. The van der Waals surface area contributed by atoms with Gasteiger partial charge in [-0.05, 0) is 91.3 Å². The van der Waals surface area contributed by atoms with E-state index in [9.17, 15) is 0 Å². The molecule has 0 amide bonds. The SMILES string of the molecule is CN(C)c1nc(-c2ccc(Cl)cc2)c2cnccn12.COCCN(C)c1nc(-c2ccc(Cl)cc2)c2cnccn12.Cc1ccc(-c2nc(N3CCOCC3)n3ccncc23)cc1.Clc1ccc(-c2nc(N3CCOCC3)n3ccncc23)cc1.Clc1ccc(-c2nc(N3CCOCC3)n3ccncc23)cc1.OCCNCc1cn(-c2ccc(Cl)cc2)c2cnccc12. The molecule has 0 bridgehead atoms. The topological polar surface area (TPSA) is 254 Å². The van der Waals surface area contributed by atoms with E-state index in [0.717, 1.165) is 236 Å². The van der Waals surface area contributed by atoms with E-state index in [-0.39, 0.29) is 6.61 Å². The van der Waals surface area contributed by atoms with Crippen molar-refractivity contribution in [3.05, 3.63) is 299 Å². The number of aromatic nitrogens is 17. The van der Waals surface area contributed by atoms with Crippen molar-refractivity contribution in [3.8, 4) is 62.0 Å². The lowest BCUT2D eigenvalue weighted by Gasteiger charge is -2.26. The number of pyridine rings is 1. The third-order valence-corrected chi connectivity index (χ3v) is 22.8. The lowest BCUT2D eigenvalue weighted by Crippen LogP contribution is -2.37. The normalized spacial score (nSPS) is 13.3. The van der Waals surface area contributed by atoms with Gasteiger partial charge >= 0.3 is 0 Å². The van der Waals surface area contributed by atoms with Crippen molar-refractivity contribution in [1.82, 2.24) is 86.7 Å². The van der Waals surface area contributed by atoms with Crippen LogP contribution >= 0.6 is 58.0 Å². The Hall–Kier alpha value is -12.7. The Morgan fingerprint density at radius 3 is 1.08 bits per heavy atom. The summed E-state index contributed by atoms with van der Waals surface area (Å²) in [5, 5.41) is 16.8. The van der Waals surface area contributed by atoms with Crippen molar-refractivity contribution in [1.29, 1.82) is 0 Å². The van der Waals surface area contributed by atoms with Crippen molar-refractivity contribution in [2.45, 2.75) is 13.5 Å². The first-order valence-corrected chi connectivity index (χ1v) is 43.6. The average Bonchev–Trinajstić information content (AvgIpc) is 1.61. The number of aliphatic hydroxyl groups is 1. The van der Waals surface area contributed by atoms with Crippen LogP contribution in [0.1, 0.15) is 11.1 Å². The molecule has 654 valence electrons. The summed E-state index contributed by atoms with van der Waals surface area (Å²) in [5.41, 5.74) is 19.4. The number of nitrogens with zero attached hydrogens (tertiary/aromatic N) is 22. The minimum Gasteiger partial charge on any atom is -0.395 e. The van der Waals surface area contributed by atoms with Crippen molar-refractivity contribution >= 4 is 126 Å². The number of imidazole rings is 5. The summed E-state index contributed by atoms with van der Waals surface area (Å²) >= 11 is 29.8. The fourth-order valence-corrected chi connectivity index (χ4v) is 15.7. The van der Waals surface area contributed by atoms with E-state index in [2.05, 4.69) is 110 Å². The number of halogens is 5. The number of morpholine rings is 3. The molecule has 0 saturated carbocycles. The molecule has 3 aliphatic rings. The molecule has 3 aliphatic heterocycles. The second-order valence-electron chi connectivity index (χ2n) is 30.3. The molecule has 12 aromatic heterocycles. The number of aliphatic hydroxyl groups excluding tert-OH is 1. The lowest BCUT2D eigenvalue weighted by molar-refractivity contribution is 0.122. The first kappa shape index (κ1) is 88.7. The molecule has 18 aromatic rings. The van der Waals surface area contributed by atoms with E-state index < -0.39 is 0 Å². The van der Waals surface area contributed by atoms with Gasteiger partial charge in [0.2, 0.25) is 29.7 Å². The highest BCUT2D eigenvalue weighted by Crippen LogP contribution is 2.36. The molecule has 0 spiro atoms. The van der Waals surface area contributed by atoms with Gasteiger partial charge in [-0.15, -0.1) is 0 Å². The third kappa shape index (κ3) is 20.8. The van der Waals surface area contributed by atoms with Gasteiger partial charge in [-0.25, -0.2) is 24.9 Å². The molecule has 0 atom stereocenters. The zero-order chi connectivity index (χ0) is 88.4. The number of ether oxygens (including phenoxy) is 4. The molecule has 3 fully saturated rings. The molecule has 28 nitrogen and oxygen atoms in total. The van der Waals surface area contributed by atoms with Crippen LogP contribution in [0.25, 0.3) is 100 Å². The smallest absolute Gasteiger partial charge is 0.211 e. The second-order valence-corrected chi connectivity index (χ2v) is 32.4. The van der Waals surface area contributed by atoms with Gasteiger partial charge in [0, 0.05) is 226 Å². The zero-order valence-electron chi connectivity index (χ0n) is 71.2. The minimum absolute atomic E-state index is 0.136. The van der Waals surface area contributed by atoms with Gasteiger partial charge in [0.15, 0.2) is 0 Å². The van der Waals surface area contributed by atoms with Crippen LogP contribution in [0.3, 0.4) is 0 Å².